The molecule has 8 heteroatoms. The number of fused-ring (bicyclic) bond motifs is 1. The molecular weight excluding hydrogens is 454 g/mol. The Hall–Kier alpha value is -2.51. The monoisotopic (exact) mass is 469 g/mol. The molecule has 1 aromatic carbocycles. The summed E-state index contributed by atoms with van der Waals surface area (Å²) in [6, 6.07) is 11.9. The Balaban J connectivity index is 1.71. The summed E-state index contributed by atoms with van der Waals surface area (Å²) in [4.78, 5) is 18.1. The number of benzene rings is 1. The quantitative estimate of drug-likeness (QED) is 0.371. The summed E-state index contributed by atoms with van der Waals surface area (Å²) >= 11 is 9.89. The molecular formula is C21H17BrClN5O. The number of nitrogens with zero attached hydrogens (tertiary/aromatic N) is 5. The van der Waals surface area contributed by atoms with Crippen LogP contribution in [0, 0.1) is 0 Å². The maximum absolute atomic E-state index is 6.53. The van der Waals surface area contributed by atoms with Crippen LogP contribution in [0.1, 0.15) is 25.3 Å². The van der Waals surface area contributed by atoms with Gasteiger partial charge in [0.1, 0.15) is 22.4 Å². The van der Waals surface area contributed by atoms with Crippen molar-refractivity contribution in [1.82, 2.24) is 24.5 Å². The highest BCUT2D eigenvalue weighted by atomic mass is 79.9. The smallest absolute Gasteiger partial charge is 0.245 e. The number of aromatic nitrogens is 5. The first-order valence-corrected chi connectivity index (χ1v) is 10.5. The molecule has 0 radical (unpaired) electrons. The van der Waals surface area contributed by atoms with Gasteiger partial charge < -0.3 is 9.30 Å². The van der Waals surface area contributed by atoms with E-state index in [4.69, 9.17) is 21.3 Å². The summed E-state index contributed by atoms with van der Waals surface area (Å²) in [5.41, 5.74) is 3.03. The van der Waals surface area contributed by atoms with Crippen LogP contribution in [0.25, 0.3) is 22.6 Å². The minimum atomic E-state index is -0.165. The van der Waals surface area contributed by atoms with Gasteiger partial charge >= 0.3 is 0 Å². The lowest BCUT2D eigenvalue weighted by Gasteiger charge is -2.12. The van der Waals surface area contributed by atoms with Crippen LogP contribution in [0.4, 0.5) is 0 Å². The topological polar surface area (TPSA) is 65.7 Å². The molecule has 0 amide bonds. The zero-order valence-electron chi connectivity index (χ0n) is 15.6. The molecule has 1 aliphatic carbocycles. The molecule has 1 fully saturated rings. The van der Waals surface area contributed by atoms with E-state index in [2.05, 4.69) is 49.9 Å². The Morgan fingerprint density at radius 3 is 2.69 bits per heavy atom. The SMILES string of the molecule is CC1(Oc2ncnc3c2nc(-c2cnc(Br)cc2Cl)n3Cc2ccccc2)CC1. The first-order valence-electron chi connectivity index (χ1n) is 9.28. The minimum absolute atomic E-state index is 0.165. The van der Waals surface area contributed by atoms with E-state index in [0.717, 1.165) is 24.0 Å². The molecule has 0 bridgehead atoms. The number of pyridine rings is 1. The Morgan fingerprint density at radius 1 is 1.17 bits per heavy atom. The van der Waals surface area contributed by atoms with Gasteiger partial charge in [0.2, 0.25) is 5.88 Å². The van der Waals surface area contributed by atoms with Crippen molar-refractivity contribution in [2.75, 3.05) is 0 Å². The van der Waals surface area contributed by atoms with Crippen molar-refractivity contribution >= 4 is 38.7 Å². The van der Waals surface area contributed by atoms with E-state index in [1.807, 2.05) is 22.8 Å². The molecule has 3 heterocycles. The molecule has 146 valence electrons. The van der Waals surface area contributed by atoms with Crippen LogP contribution in [-0.4, -0.2) is 30.1 Å². The Bertz CT molecular complexity index is 1210. The van der Waals surface area contributed by atoms with Gasteiger partial charge in [0, 0.05) is 6.20 Å². The second-order valence-electron chi connectivity index (χ2n) is 7.40. The van der Waals surface area contributed by atoms with Crippen LogP contribution in [0.15, 0.2) is 53.5 Å². The number of imidazole rings is 1. The molecule has 1 aliphatic rings. The first-order chi connectivity index (χ1) is 14.0. The van der Waals surface area contributed by atoms with Gasteiger partial charge in [0.25, 0.3) is 0 Å². The standard InChI is InChI=1S/C21H17BrClN5O/c1-21(7-8-21)29-20-17-19(25-12-26-20)28(11-13-5-3-2-4-6-13)18(27-17)14-10-24-16(22)9-15(14)23/h2-6,9-10,12H,7-8,11H2,1H3. The number of hydrogen-bond acceptors (Lipinski definition) is 5. The largest absolute Gasteiger partial charge is 0.470 e. The van der Waals surface area contributed by atoms with Gasteiger partial charge in [-0.25, -0.2) is 15.0 Å². The molecule has 3 aromatic heterocycles. The lowest BCUT2D eigenvalue weighted by atomic mass is 10.2. The highest BCUT2D eigenvalue weighted by Gasteiger charge is 2.41. The van der Waals surface area contributed by atoms with Crippen molar-refractivity contribution in [3.63, 3.8) is 0 Å². The van der Waals surface area contributed by atoms with Crippen molar-refractivity contribution in [1.29, 1.82) is 0 Å². The number of hydrogen-bond donors (Lipinski definition) is 0. The summed E-state index contributed by atoms with van der Waals surface area (Å²) in [6.45, 7) is 2.67. The molecule has 5 rings (SSSR count). The average Bonchev–Trinajstić information content (AvgIpc) is 3.32. The first kappa shape index (κ1) is 18.5. The van der Waals surface area contributed by atoms with E-state index in [1.165, 1.54) is 6.33 Å². The maximum Gasteiger partial charge on any atom is 0.245 e. The third-order valence-corrected chi connectivity index (χ3v) is 5.79. The molecule has 0 N–H and O–H groups in total. The van der Waals surface area contributed by atoms with E-state index in [-0.39, 0.29) is 5.60 Å². The predicted molar refractivity (Wildman–Crippen MR) is 115 cm³/mol. The molecule has 0 aliphatic heterocycles. The van der Waals surface area contributed by atoms with E-state index >= 15 is 0 Å². The van der Waals surface area contributed by atoms with Gasteiger partial charge in [0.05, 0.1) is 17.1 Å². The van der Waals surface area contributed by atoms with E-state index in [0.29, 0.717) is 39.0 Å². The van der Waals surface area contributed by atoms with Crippen molar-refractivity contribution in [3.8, 4) is 17.3 Å². The number of halogens is 2. The molecule has 0 saturated heterocycles. The van der Waals surface area contributed by atoms with Crippen LogP contribution < -0.4 is 4.74 Å². The summed E-state index contributed by atoms with van der Waals surface area (Å²) in [7, 11) is 0. The highest BCUT2D eigenvalue weighted by molar-refractivity contribution is 9.10. The van der Waals surface area contributed by atoms with Crippen LogP contribution in [0.5, 0.6) is 5.88 Å². The van der Waals surface area contributed by atoms with Crippen molar-refractivity contribution in [3.05, 3.63) is 64.1 Å². The average molecular weight is 471 g/mol. The maximum atomic E-state index is 6.53. The van der Waals surface area contributed by atoms with E-state index in [9.17, 15) is 0 Å². The zero-order chi connectivity index (χ0) is 20.0. The summed E-state index contributed by atoms with van der Waals surface area (Å²) in [5, 5.41) is 0.557. The molecule has 0 unspecified atom stereocenters. The van der Waals surface area contributed by atoms with Crippen LogP contribution in [-0.2, 0) is 6.54 Å². The molecule has 0 spiro atoms. The van der Waals surface area contributed by atoms with Crippen molar-refractivity contribution < 1.29 is 4.74 Å². The Kier molecular flexibility index (Phi) is 4.52. The molecule has 0 atom stereocenters. The van der Waals surface area contributed by atoms with Gasteiger partial charge in [-0.1, -0.05) is 41.9 Å². The summed E-state index contributed by atoms with van der Waals surface area (Å²) < 4.78 is 8.85. The molecule has 6 nitrogen and oxygen atoms in total. The second kappa shape index (κ2) is 7.07. The Morgan fingerprint density at radius 2 is 1.97 bits per heavy atom. The third-order valence-electron chi connectivity index (χ3n) is 5.04. The highest BCUT2D eigenvalue weighted by Crippen LogP contribution is 2.41. The number of rotatable bonds is 5. The fourth-order valence-electron chi connectivity index (χ4n) is 3.20. The van der Waals surface area contributed by atoms with Crippen LogP contribution in [0.2, 0.25) is 5.02 Å². The minimum Gasteiger partial charge on any atom is -0.470 e. The predicted octanol–water partition coefficient (Wildman–Crippen LogP) is 5.28. The summed E-state index contributed by atoms with van der Waals surface area (Å²) in [5.74, 6) is 1.18. The summed E-state index contributed by atoms with van der Waals surface area (Å²) in [6.07, 6.45) is 5.26. The van der Waals surface area contributed by atoms with Crippen LogP contribution in [0.3, 0.4) is 0 Å². The van der Waals surface area contributed by atoms with E-state index < -0.39 is 0 Å². The van der Waals surface area contributed by atoms with E-state index in [1.54, 1.807) is 12.3 Å². The van der Waals surface area contributed by atoms with Gasteiger partial charge in [-0.05, 0) is 47.3 Å². The zero-order valence-corrected chi connectivity index (χ0v) is 18.0. The lowest BCUT2D eigenvalue weighted by Crippen LogP contribution is -2.13. The normalized spacial score (nSPS) is 14.9. The molecule has 29 heavy (non-hydrogen) atoms. The molecule has 1 saturated carbocycles. The fourth-order valence-corrected chi connectivity index (χ4v) is 3.90. The van der Waals surface area contributed by atoms with Crippen molar-refractivity contribution in [2.24, 2.45) is 0 Å². The fraction of sp³-hybridized carbons (Fsp3) is 0.238. The van der Waals surface area contributed by atoms with Gasteiger partial charge in [0.15, 0.2) is 11.2 Å². The van der Waals surface area contributed by atoms with Gasteiger partial charge in [-0.3, -0.25) is 0 Å². The van der Waals surface area contributed by atoms with Gasteiger partial charge in [-0.15, -0.1) is 0 Å². The molecule has 4 aromatic rings. The number of ether oxygens (including phenoxy) is 1. The van der Waals surface area contributed by atoms with Gasteiger partial charge in [-0.2, -0.15) is 4.98 Å². The second-order valence-corrected chi connectivity index (χ2v) is 8.62. The Labute approximate surface area is 181 Å². The third kappa shape index (κ3) is 3.60. The van der Waals surface area contributed by atoms with Crippen LogP contribution >= 0.6 is 27.5 Å². The van der Waals surface area contributed by atoms with Crippen molar-refractivity contribution in [2.45, 2.75) is 31.9 Å². The lowest BCUT2D eigenvalue weighted by molar-refractivity contribution is 0.194.